The zero-order valence-corrected chi connectivity index (χ0v) is 7.54. The Hall–Kier alpha value is -0.660. The van der Waals surface area contributed by atoms with Crippen LogP contribution in [0.5, 0.6) is 0 Å². The van der Waals surface area contributed by atoms with Crippen LogP contribution in [0.15, 0.2) is 9.98 Å². The van der Waals surface area contributed by atoms with Gasteiger partial charge in [0.25, 0.3) is 0 Å². The number of amidine groups is 1. The van der Waals surface area contributed by atoms with E-state index in [0.29, 0.717) is 12.0 Å². The summed E-state index contributed by atoms with van der Waals surface area (Å²) in [6.45, 7) is 6.32. The maximum Gasteiger partial charge on any atom is 0.119 e. The standard InChI is InChI=1S/C9H16N2/c1-4-5-9-6-10-8(3)11-7(9)2/h6-7,9H,4-5H2,1-3H3. The Kier molecular flexibility index (Phi) is 2.80. The number of aliphatic imine (C=N–C) groups is 2. The summed E-state index contributed by atoms with van der Waals surface area (Å²) < 4.78 is 0. The lowest BCUT2D eigenvalue weighted by Crippen LogP contribution is -2.21. The third kappa shape index (κ3) is 2.14. The molecule has 0 fully saturated rings. The molecule has 1 aliphatic rings. The quantitative estimate of drug-likeness (QED) is 0.580. The van der Waals surface area contributed by atoms with Crippen LogP contribution >= 0.6 is 0 Å². The molecule has 0 radical (unpaired) electrons. The van der Waals surface area contributed by atoms with Crippen molar-refractivity contribution in [2.75, 3.05) is 0 Å². The van der Waals surface area contributed by atoms with E-state index in [-0.39, 0.29) is 0 Å². The van der Waals surface area contributed by atoms with Crippen molar-refractivity contribution in [1.29, 1.82) is 0 Å². The Bertz CT molecular complexity index is 182. The minimum Gasteiger partial charge on any atom is -0.267 e. The summed E-state index contributed by atoms with van der Waals surface area (Å²) in [5.74, 6) is 1.49. The van der Waals surface area contributed by atoms with Crippen molar-refractivity contribution in [3.05, 3.63) is 0 Å². The van der Waals surface area contributed by atoms with E-state index < -0.39 is 0 Å². The molecule has 2 atom stereocenters. The summed E-state index contributed by atoms with van der Waals surface area (Å²) in [6, 6.07) is 0.437. The van der Waals surface area contributed by atoms with E-state index in [1.165, 1.54) is 12.8 Å². The molecule has 1 aliphatic heterocycles. The minimum atomic E-state index is 0.437. The van der Waals surface area contributed by atoms with Crippen molar-refractivity contribution < 1.29 is 0 Å². The zero-order chi connectivity index (χ0) is 8.27. The fourth-order valence-corrected chi connectivity index (χ4v) is 1.40. The zero-order valence-electron chi connectivity index (χ0n) is 7.54. The summed E-state index contributed by atoms with van der Waals surface area (Å²) in [6.07, 6.45) is 4.48. The van der Waals surface area contributed by atoms with Crippen molar-refractivity contribution in [1.82, 2.24) is 0 Å². The molecule has 2 heteroatoms. The van der Waals surface area contributed by atoms with Gasteiger partial charge >= 0.3 is 0 Å². The molecule has 0 saturated carbocycles. The molecule has 0 saturated heterocycles. The van der Waals surface area contributed by atoms with Crippen LogP contribution in [-0.2, 0) is 0 Å². The van der Waals surface area contributed by atoms with E-state index in [9.17, 15) is 0 Å². The first kappa shape index (κ1) is 8.44. The maximum atomic E-state index is 4.40. The summed E-state index contributed by atoms with van der Waals surface area (Å²) >= 11 is 0. The second-order valence-electron chi connectivity index (χ2n) is 3.15. The van der Waals surface area contributed by atoms with Crippen LogP contribution in [0.25, 0.3) is 0 Å². The van der Waals surface area contributed by atoms with Gasteiger partial charge in [-0.3, -0.25) is 4.99 Å². The summed E-state index contributed by atoms with van der Waals surface area (Å²) in [5, 5.41) is 0. The molecule has 1 rings (SSSR count). The highest BCUT2D eigenvalue weighted by Gasteiger charge is 2.16. The van der Waals surface area contributed by atoms with E-state index in [1.54, 1.807) is 0 Å². The summed E-state index contributed by atoms with van der Waals surface area (Å²) in [7, 11) is 0. The Morgan fingerprint density at radius 1 is 1.55 bits per heavy atom. The maximum absolute atomic E-state index is 4.40. The molecular weight excluding hydrogens is 136 g/mol. The third-order valence-electron chi connectivity index (χ3n) is 2.08. The first-order chi connectivity index (χ1) is 5.24. The average Bonchev–Trinajstić information content (AvgIpc) is 1.95. The topological polar surface area (TPSA) is 24.7 Å². The van der Waals surface area contributed by atoms with E-state index in [1.807, 2.05) is 6.92 Å². The van der Waals surface area contributed by atoms with Crippen LogP contribution in [0.2, 0.25) is 0 Å². The molecule has 2 unspecified atom stereocenters. The third-order valence-corrected chi connectivity index (χ3v) is 2.08. The molecule has 0 spiro atoms. The van der Waals surface area contributed by atoms with Gasteiger partial charge in [0.2, 0.25) is 0 Å². The second-order valence-corrected chi connectivity index (χ2v) is 3.15. The van der Waals surface area contributed by atoms with Crippen LogP contribution in [0.4, 0.5) is 0 Å². The molecule has 0 aromatic heterocycles. The molecule has 2 nitrogen and oxygen atoms in total. The summed E-state index contributed by atoms with van der Waals surface area (Å²) in [5.41, 5.74) is 0. The highest BCUT2D eigenvalue weighted by Crippen LogP contribution is 2.15. The lowest BCUT2D eigenvalue weighted by Gasteiger charge is -2.19. The normalized spacial score (nSPS) is 30.3. The van der Waals surface area contributed by atoms with Crippen molar-refractivity contribution in [2.45, 2.75) is 39.7 Å². The molecule has 0 aliphatic carbocycles. The van der Waals surface area contributed by atoms with E-state index in [0.717, 1.165) is 5.84 Å². The molecule has 62 valence electrons. The van der Waals surface area contributed by atoms with E-state index in [2.05, 4.69) is 30.0 Å². The van der Waals surface area contributed by atoms with E-state index in [4.69, 9.17) is 0 Å². The highest BCUT2D eigenvalue weighted by molar-refractivity contribution is 5.90. The van der Waals surface area contributed by atoms with Gasteiger partial charge in [-0.15, -0.1) is 0 Å². The smallest absolute Gasteiger partial charge is 0.119 e. The lowest BCUT2D eigenvalue weighted by molar-refractivity contribution is 0.525. The van der Waals surface area contributed by atoms with Gasteiger partial charge in [-0.05, 0) is 20.3 Å². The molecule has 11 heavy (non-hydrogen) atoms. The fraction of sp³-hybridized carbons (Fsp3) is 0.778. The van der Waals surface area contributed by atoms with Gasteiger partial charge in [0.1, 0.15) is 5.84 Å². The monoisotopic (exact) mass is 152 g/mol. The number of rotatable bonds is 2. The van der Waals surface area contributed by atoms with Gasteiger partial charge in [0.15, 0.2) is 0 Å². The van der Waals surface area contributed by atoms with Gasteiger partial charge in [0, 0.05) is 12.1 Å². The fourth-order valence-electron chi connectivity index (χ4n) is 1.40. The van der Waals surface area contributed by atoms with Crippen molar-refractivity contribution in [2.24, 2.45) is 15.9 Å². The molecular formula is C9H16N2. The van der Waals surface area contributed by atoms with Crippen LogP contribution in [0, 0.1) is 5.92 Å². The van der Waals surface area contributed by atoms with Crippen molar-refractivity contribution >= 4 is 12.1 Å². The Morgan fingerprint density at radius 3 is 2.82 bits per heavy atom. The Morgan fingerprint density at radius 2 is 2.27 bits per heavy atom. The highest BCUT2D eigenvalue weighted by atomic mass is 15.0. The molecule has 0 aromatic carbocycles. The minimum absolute atomic E-state index is 0.437. The van der Waals surface area contributed by atoms with Gasteiger partial charge in [-0.25, -0.2) is 4.99 Å². The molecule has 0 aromatic rings. The molecule has 0 N–H and O–H groups in total. The Balaban J connectivity index is 2.54. The predicted octanol–water partition coefficient (Wildman–Crippen LogP) is 2.29. The van der Waals surface area contributed by atoms with Gasteiger partial charge in [-0.2, -0.15) is 0 Å². The number of hydrogen-bond acceptors (Lipinski definition) is 2. The van der Waals surface area contributed by atoms with Crippen LogP contribution < -0.4 is 0 Å². The molecule has 1 heterocycles. The van der Waals surface area contributed by atoms with Gasteiger partial charge < -0.3 is 0 Å². The van der Waals surface area contributed by atoms with Crippen molar-refractivity contribution in [3.63, 3.8) is 0 Å². The van der Waals surface area contributed by atoms with Crippen LogP contribution in [0.3, 0.4) is 0 Å². The number of nitrogens with zero attached hydrogens (tertiary/aromatic N) is 2. The second kappa shape index (κ2) is 3.65. The largest absolute Gasteiger partial charge is 0.267 e. The average molecular weight is 152 g/mol. The number of hydrogen-bond donors (Lipinski definition) is 0. The molecule has 0 amide bonds. The van der Waals surface area contributed by atoms with Crippen molar-refractivity contribution in [3.8, 4) is 0 Å². The predicted molar refractivity (Wildman–Crippen MR) is 49.5 cm³/mol. The first-order valence-corrected chi connectivity index (χ1v) is 4.32. The first-order valence-electron chi connectivity index (χ1n) is 4.32. The van der Waals surface area contributed by atoms with Gasteiger partial charge in [-0.1, -0.05) is 13.3 Å². The lowest BCUT2D eigenvalue weighted by atomic mass is 9.97. The summed E-state index contributed by atoms with van der Waals surface area (Å²) in [4.78, 5) is 8.61. The van der Waals surface area contributed by atoms with Crippen LogP contribution in [-0.4, -0.2) is 18.1 Å². The molecule has 0 bridgehead atoms. The Labute approximate surface area is 68.4 Å². The van der Waals surface area contributed by atoms with Crippen LogP contribution in [0.1, 0.15) is 33.6 Å². The van der Waals surface area contributed by atoms with E-state index >= 15 is 0 Å². The SMILES string of the molecule is CCCC1C=NC(C)=NC1C. The van der Waals surface area contributed by atoms with Gasteiger partial charge in [0.05, 0.1) is 6.04 Å².